The van der Waals surface area contributed by atoms with Crippen LogP contribution in [0.15, 0.2) is 24.3 Å². The highest BCUT2D eigenvalue weighted by Gasteiger charge is 2.23. The molecule has 0 spiro atoms. The average molecular weight is 353 g/mol. The maximum atomic E-state index is 11.9. The van der Waals surface area contributed by atoms with Crippen molar-refractivity contribution in [3.63, 3.8) is 0 Å². The van der Waals surface area contributed by atoms with Gasteiger partial charge in [-0.1, -0.05) is 11.6 Å². The molecule has 9 heteroatoms. The maximum absolute atomic E-state index is 11.9. The molecule has 0 atom stereocenters. The molecule has 1 aromatic heterocycles. The first kappa shape index (κ1) is 17.7. The van der Waals surface area contributed by atoms with Gasteiger partial charge in [0.05, 0.1) is 24.4 Å². The van der Waals surface area contributed by atoms with Gasteiger partial charge in [-0.3, -0.25) is 4.79 Å². The molecule has 0 aliphatic rings. The third-order valence-corrected chi connectivity index (χ3v) is 3.88. The monoisotopic (exact) mass is 352 g/mol. The molecule has 0 bridgehead atoms. The molecule has 1 amide bonds. The van der Waals surface area contributed by atoms with Gasteiger partial charge in [-0.2, -0.15) is 4.68 Å². The van der Waals surface area contributed by atoms with Crippen LogP contribution in [0, 0.1) is 17.0 Å². The summed E-state index contributed by atoms with van der Waals surface area (Å²) in [5, 5.41) is 17.4. The smallest absolute Gasteiger partial charge is 0.408 e. The van der Waals surface area contributed by atoms with Crippen LogP contribution in [0.1, 0.15) is 18.5 Å². The van der Waals surface area contributed by atoms with E-state index in [1.165, 1.54) is 4.68 Å². The highest BCUT2D eigenvalue weighted by Crippen LogP contribution is 2.26. The van der Waals surface area contributed by atoms with Crippen molar-refractivity contribution in [2.45, 2.75) is 26.3 Å². The Bertz CT molecular complexity index is 743. The standard InChI is InChI=1S/C15H17ClN4O4/c1-10-14(16)15(20(22)23)18-19(10)9-3-4-13(21)17-11-5-7-12(24-2)8-6-11/h5-8H,3-4,9H2,1-2H3,(H,17,21). The Labute approximate surface area is 143 Å². The van der Waals surface area contributed by atoms with Crippen LogP contribution >= 0.6 is 11.6 Å². The number of aryl methyl sites for hydroxylation is 1. The van der Waals surface area contributed by atoms with Crippen LogP contribution in [-0.2, 0) is 11.3 Å². The highest BCUT2D eigenvalue weighted by atomic mass is 35.5. The maximum Gasteiger partial charge on any atom is 0.408 e. The minimum Gasteiger partial charge on any atom is -0.497 e. The molecular weight excluding hydrogens is 336 g/mol. The lowest BCUT2D eigenvalue weighted by molar-refractivity contribution is -0.389. The van der Waals surface area contributed by atoms with E-state index in [1.807, 2.05) is 0 Å². The van der Waals surface area contributed by atoms with E-state index >= 15 is 0 Å². The lowest BCUT2D eigenvalue weighted by Gasteiger charge is -2.06. The van der Waals surface area contributed by atoms with Crippen molar-refractivity contribution in [2.24, 2.45) is 0 Å². The van der Waals surface area contributed by atoms with Gasteiger partial charge in [-0.25, -0.2) is 0 Å². The molecule has 1 heterocycles. The minimum atomic E-state index is -0.623. The molecule has 0 aliphatic heterocycles. The van der Waals surface area contributed by atoms with E-state index in [4.69, 9.17) is 16.3 Å². The van der Waals surface area contributed by atoms with E-state index in [9.17, 15) is 14.9 Å². The molecule has 0 unspecified atom stereocenters. The fourth-order valence-electron chi connectivity index (χ4n) is 2.13. The molecule has 1 N–H and O–H groups in total. The van der Waals surface area contributed by atoms with Crippen molar-refractivity contribution < 1.29 is 14.5 Å². The normalized spacial score (nSPS) is 10.5. The zero-order valence-corrected chi connectivity index (χ0v) is 14.0. The predicted molar refractivity (Wildman–Crippen MR) is 89.5 cm³/mol. The zero-order chi connectivity index (χ0) is 17.7. The fraction of sp³-hybridized carbons (Fsp3) is 0.333. The first-order valence-corrected chi connectivity index (χ1v) is 7.61. The lowest BCUT2D eigenvalue weighted by Crippen LogP contribution is -2.13. The van der Waals surface area contributed by atoms with Gasteiger partial charge < -0.3 is 20.2 Å². The highest BCUT2D eigenvalue weighted by molar-refractivity contribution is 6.33. The van der Waals surface area contributed by atoms with Gasteiger partial charge in [0.25, 0.3) is 0 Å². The number of hydrogen-bond acceptors (Lipinski definition) is 5. The number of benzene rings is 1. The van der Waals surface area contributed by atoms with Gasteiger partial charge >= 0.3 is 5.82 Å². The van der Waals surface area contributed by atoms with E-state index in [-0.39, 0.29) is 23.2 Å². The van der Waals surface area contributed by atoms with Crippen LogP contribution < -0.4 is 10.1 Å². The van der Waals surface area contributed by atoms with Gasteiger partial charge in [0, 0.05) is 12.1 Å². The number of halogens is 1. The second-order valence-electron chi connectivity index (χ2n) is 5.08. The van der Waals surface area contributed by atoms with Crippen LogP contribution in [0.2, 0.25) is 5.02 Å². The molecule has 0 saturated carbocycles. The molecule has 2 rings (SSSR count). The number of nitrogens with one attached hydrogen (secondary N) is 1. The number of nitrogens with zero attached hydrogens (tertiary/aromatic N) is 3. The van der Waals surface area contributed by atoms with Crippen LogP contribution in [0.25, 0.3) is 0 Å². The molecule has 0 aliphatic carbocycles. The number of aromatic nitrogens is 2. The second kappa shape index (κ2) is 7.78. The third kappa shape index (κ3) is 4.23. The molecule has 0 fully saturated rings. The predicted octanol–water partition coefficient (Wildman–Crippen LogP) is 3.18. The summed E-state index contributed by atoms with van der Waals surface area (Å²) < 4.78 is 6.49. The van der Waals surface area contributed by atoms with E-state index in [0.29, 0.717) is 30.1 Å². The minimum absolute atomic E-state index is 0.0303. The molecule has 2 aromatic rings. The third-order valence-electron chi connectivity index (χ3n) is 3.44. The van der Waals surface area contributed by atoms with Gasteiger partial charge in [-0.15, -0.1) is 0 Å². The van der Waals surface area contributed by atoms with Crippen LogP contribution in [0.3, 0.4) is 0 Å². The number of ether oxygens (including phenoxy) is 1. The Kier molecular flexibility index (Phi) is 5.75. The number of carbonyl (C=O) groups excluding carboxylic acids is 1. The van der Waals surface area contributed by atoms with Crippen molar-refractivity contribution in [1.82, 2.24) is 9.78 Å². The molecule has 0 saturated heterocycles. The van der Waals surface area contributed by atoms with E-state index in [1.54, 1.807) is 38.3 Å². The SMILES string of the molecule is COc1ccc(NC(=O)CCCn2nc([N+](=O)[O-])c(Cl)c2C)cc1. The van der Waals surface area contributed by atoms with Gasteiger partial charge in [0.15, 0.2) is 5.02 Å². The number of amides is 1. The Morgan fingerprint density at radius 3 is 2.62 bits per heavy atom. The molecule has 128 valence electrons. The summed E-state index contributed by atoms with van der Waals surface area (Å²) in [6, 6.07) is 7.00. The van der Waals surface area contributed by atoms with Crippen LogP contribution in [-0.4, -0.2) is 27.7 Å². The van der Waals surface area contributed by atoms with Crippen molar-refractivity contribution in [3.05, 3.63) is 45.1 Å². The number of nitro groups is 1. The number of rotatable bonds is 7. The quantitative estimate of drug-likeness (QED) is 0.609. The Hall–Kier alpha value is -2.61. The summed E-state index contributed by atoms with van der Waals surface area (Å²) in [7, 11) is 1.57. The number of hydrogen-bond donors (Lipinski definition) is 1. The largest absolute Gasteiger partial charge is 0.497 e. The molecule has 8 nitrogen and oxygen atoms in total. The summed E-state index contributed by atoms with van der Waals surface area (Å²) in [5.74, 6) is 0.197. The van der Waals surface area contributed by atoms with E-state index in [0.717, 1.165) is 0 Å². The number of anilines is 1. The lowest BCUT2D eigenvalue weighted by atomic mass is 10.2. The Balaban J connectivity index is 1.86. The van der Waals surface area contributed by atoms with Gasteiger partial charge in [-0.05, 0) is 42.5 Å². The fourth-order valence-corrected chi connectivity index (χ4v) is 2.33. The van der Waals surface area contributed by atoms with Crippen molar-refractivity contribution >= 4 is 29.0 Å². The number of carbonyl (C=O) groups is 1. The first-order valence-electron chi connectivity index (χ1n) is 7.23. The Morgan fingerprint density at radius 2 is 2.08 bits per heavy atom. The molecule has 24 heavy (non-hydrogen) atoms. The number of methoxy groups -OCH3 is 1. The molecule has 0 radical (unpaired) electrons. The molecule has 1 aromatic carbocycles. The van der Waals surface area contributed by atoms with E-state index < -0.39 is 4.92 Å². The van der Waals surface area contributed by atoms with Gasteiger partial charge in [0.2, 0.25) is 5.91 Å². The van der Waals surface area contributed by atoms with Crippen molar-refractivity contribution in [2.75, 3.05) is 12.4 Å². The average Bonchev–Trinajstić information content (AvgIpc) is 2.84. The topological polar surface area (TPSA) is 99.3 Å². The molecular formula is C15H17ClN4O4. The van der Waals surface area contributed by atoms with Gasteiger partial charge in [0.1, 0.15) is 5.75 Å². The summed E-state index contributed by atoms with van der Waals surface area (Å²) >= 11 is 5.87. The zero-order valence-electron chi connectivity index (χ0n) is 13.3. The van der Waals surface area contributed by atoms with E-state index in [2.05, 4.69) is 10.4 Å². The second-order valence-corrected chi connectivity index (χ2v) is 5.46. The summed E-state index contributed by atoms with van der Waals surface area (Å²) in [5.41, 5.74) is 1.19. The Morgan fingerprint density at radius 1 is 1.42 bits per heavy atom. The van der Waals surface area contributed by atoms with Crippen molar-refractivity contribution in [3.8, 4) is 5.75 Å². The van der Waals surface area contributed by atoms with Crippen LogP contribution in [0.5, 0.6) is 5.75 Å². The summed E-state index contributed by atoms with van der Waals surface area (Å²) in [6.07, 6.45) is 0.745. The van der Waals surface area contributed by atoms with Crippen molar-refractivity contribution in [1.29, 1.82) is 0 Å². The van der Waals surface area contributed by atoms with Crippen LogP contribution in [0.4, 0.5) is 11.5 Å². The first-order chi connectivity index (χ1) is 11.4. The summed E-state index contributed by atoms with van der Waals surface area (Å²) in [4.78, 5) is 22.1. The summed E-state index contributed by atoms with van der Waals surface area (Å²) in [6.45, 7) is 2.02.